The molecule has 1 aliphatic carbocycles. The van der Waals surface area contributed by atoms with Crippen molar-refractivity contribution < 1.29 is 0 Å². The summed E-state index contributed by atoms with van der Waals surface area (Å²) in [5.74, 6) is 0.737. The van der Waals surface area contributed by atoms with E-state index in [1.165, 1.54) is 44.2 Å². The molecule has 49 heavy (non-hydrogen) atoms. The zero-order valence-corrected chi connectivity index (χ0v) is 26.7. The molecule has 1 aromatic heterocycles. The smallest absolute Gasteiger partial charge is 0.161 e. The van der Waals surface area contributed by atoms with E-state index in [0.717, 1.165) is 44.3 Å². The molecule has 0 bridgehead atoms. The van der Waals surface area contributed by atoms with Crippen LogP contribution in [-0.2, 0) is 5.41 Å². The van der Waals surface area contributed by atoms with E-state index in [0.29, 0.717) is 0 Å². The Kier molecular flexibility index (Phi) is 6.13. The summed E-state index contributed by atoms with van der Waals surface area (Å²) >= 11 is 0. The van der Waals surface area contributed by atoms with E-state index in [1.54, 1.807) is 0 Å². The molecular weight excluding hydrogens is 593 g/mol. The Hall–Kier alpha value is -6.38. The fourth-order valence-corrected chi connectivity index (χ4v) is 8.31. The van der Waals surface area contributed by atoms with Crippen LogP contribution >= 0.6 is 0 Å². The maximum absolute atomic E-state index is 5.57. The van der Waals surface area contributed by atoms with Crippen LogP contribution in [0.1, 0.15) is 22.3 Å². The molecule has 9 aromatic rings. The minimum absolute atomic E-state index is 0.525. The standard InChI is InChI=1S/C47H30N2/c1-4-17-32(18-5-1)45-43-36-24-12-10-16-31(36)28-29-41(43)48-46(49-45)44-37-25-13-11-19-33(37)30-40-42(44)38-26-14-15-27-39(38)47(40,34-20-6-2-7-21-34)35-22-8-3-9-23-35/h1-30H. The van der Waals surface area contributed by atoms with Crippen molar-refractivity contribution in [2.75, 3.05) is 0 Å². The van der Waals surface area contributed by atoms with Crippen LogP contribution in [0.15, 0.2) is 182 Å². The summed E-state index contributed by atoms with van der Waals surface area (Å²) < 4.78 is 0. The predicted molar refractivity (Wildman–Crippen MR) is 203 cm³/mol. The van der Waals surface area contributed by atoms with Gasteiger partial charge in [-0.25, -0.2) is 9.97 Å². The van der Waals surface area contributed by atoms with E-state index in [-0.39, 0.29) is 0 Å². The lowest BCUT2D eigenvalue weighted by atomic mass is 9.67. The zero-order valence-electron chi connectivity index (χ0n) is 26.7. The van der Waals surface area contributed by atoms with Gasteiger partial charge in [-0.15, -0.1) is 0 Å². The molecule has 0 aliphatic heterocycles. The van der Waals surface area contributed by atoms with Crippen LogP contribution < -0.4 is 0 Å². The first kappa shape index (κ1) is 27.7. The van der Waals surface area contributed by atoms with Crippen molar-refractivity contribution in [3.8, 4) is 33.8 Å². The Balaban J connectivity index is 1.40. The lowest BCUT2D eigenvalue weighted by Crippen LogP contribution is -2.28. The number of aromatic nitrogens is 2. The summed E-state index contributed by atoms with van der Waals surface area (Å²) in [6.45, 7) is 0. The van der Waals surface area contributed by atoms with E-state index in [4.69, 9.17) is 9.97 Å². The lowest BCUT2D eigenvalue weighted by molar-refractivity contribution is 0.769. The molecule has 8 aromatic carbocycles. The Morgan fingerprint density at radius 3 is 1.73 bits per heavy atom. The minimum atomic E-state index is -0.525. The van der Waals surface area contributed by atoms with Gasteiger partial charge in [0.05, 0.1) is 16.6 Å². The van der Waals surface area contributed by atoms with Crippen molar-refractivity contribution in [1.82, 2.24) is 9.97 Å². The SMILES string of the molecule is c1ccc(-c2nc(-c3c4c(cc5ccccc35)C(c3ccccc3)(c3ccccc3)c3ccccc3-4)nc3ccc4ccccc4c23)cc1. The maximum atomic E-state index is 5.57. The molecule has 0 amide bonds. The lowest BCUT2D eigenvalue weighted by Gasteiger charge is -2.34. The van der Waals surface area contributed by atoms with Crippen molar-refractivity contribution in [2.45, 2.75) is 5.41 Å². The van der Waals surface area contributed by atoms with E-state index >= 15 is 0 Å². The van der Waals surface area contributed by atoms with Gasteiger partial charge in [-0.3, -0.25) is 0 Å². The Morgan fingerprint density at radius 2 is 1.00 bits per heavy atom. The van der Waals surface area contributed by atoms with E-state index < -0.39 is 5.41 Å². The topological polar surface area (TPSA) is 25.8 Å². The van der Waals surface area contributed by atoms with Gasteiger partial charge in [0.15, 0.2) is 5.82 Å². The monoisotopic (exact) mass is 622 g/mol. The van der Waals surface area contributed by atoms with E-state index in [9.17, 15) is 0 Å². The second kappa shape index (κ2) is 10.8. The molecule has 1 heterocycles. The van der Waals surface area contributed by atoms with Crippen LogP contribution in [0.5, 0.6) is 0 Å². The van der Waals surface area contributed by atoms with Gasteiger partial charge in [-0.05, 0) is 67.1 Å². The highest BCUT2D eigenvalue weighted by molar-refractivity contribution is 6.14. The Morgan fingerprint density at radius 1 is 0.408 bits per heavy atom. The van der Waals surface area contributed by atoms with Gasteiger partial charge in [0, 0.05) is 16.5 Å². The summed E-state index contributed by atoms with van der Waals surface area (Å²) in [5, 5.41) is 5.73. The van der Waals surface area contributed by atoms with E-state index in [1.807, 2.05) is 0 Å². The first-order chi connectivity index (χ1) is 24.3. The molecule has 0 radical (unpaired) electrons. The molecule has 0 saturated carbocycles. The third-order valence-corrected chi connectivity index (χ3v) is 10.3. The van der Waals surface area contributed by atoms with Crippen molar-refractivity contribution in [2.24, 2.45) is 0 Å². The van der Waals surface area contributed by atoms with Gasteiger partial charge < -0.3 is 0 Å². The van der Waals surface area contributed by atoms with Crippen molar-refractivity contribution in [3.63, 3.8) is 0 Å². The molecule has 10 rings (SSSR count). The number of hydrogen-bond donors (Lipinski definition) is 0. The number of hydrogen-bond acceptors (Lipinski definition) is 2. The summed E-state index contributed by atoms with van der Waals surface area (Å²) in [4.78, 5) is 11.0. The molecular formula is C47H30N2. The van der Waals surface area contributed by atoms with Crippen molar-refractivity contribution in [3.05, 3.63) is 204 Å². The fraction of sp³-hybridized carbons (Fsp3) is 0.0213. The molecule has 1 aliphatic rings. The Bertz CT molecular complexity index is 2660. The molecule has 0 saturated heterocycles. The molecule has 2 nitrogen and oxygen atoms in total. The predicted octanol–water partition coefficient (Wildman–Crippen LogP) is 11.6. The summed E-state index contributed by atoms with van der Waals surface area (Å²) in [6.07, 6.45) is 0. The van der Waals surface area contributed by atoms with Crippen LogP contribution in [0.2, 0.25) is 0 Å². The third kappa shape index (κ3) is 4.01. The van der Waals surface area contributed by atoms with E-state index in [2.05, 4.69) is 182 Å². The fourth-order valence-electron chi connectivity index (χ4n) is 8.31. The second-order valence-electron chi connectivity index (χ2n) is 12.9. The third-order valence-electron chi connectivity index (χ3n) is 10.3. The first-order valence-electron chi connectivity index (χ1n) is 16.8. The molecule has 2 heteroatoms. The van der Waals surface area contributed by atoms with Gasteiger partial charge in [-0.2, -0.15) is 0 Å². The molecule has 0 unspecified atom stereocenters. The van der Waals surface area contributed by atoms with Gasteiger partial charge in [0.25, 0.3) is 0 Å². The van der Waals surface area contributed by atoms with Crippen LogP contribution in [0.25, 0.3) is 66.2 Å². The van der Waals surface area contributed by atoms with Gasteiger partial charge in [0.2, 0.25) is 0 Å². The highest BCUT2D eigenvalue weighted by Gasteiger charge is 2.47. The summed E-state index contributed by atoms with van der Waals surface area (Å²) in [6, 6.07) is 65.5. The molecule has 0 fully saturated rings. The number of benzene rings is 8. The van der Waals surface area contributed by atoms with Crippen LogP contribution in [0, 0.1) is 0 Å². The number of nitrogens with zero attached hydrogens (tertiary/aromatic N) is 2. The molecule has 0 atom stereocenters. The normalized spacial score (nSPS) is 13.1. The average Bonchev–Trinajstić information content (AvgIpc) is 3.48. The number of rotatable bonds is 4. The van der Waals surface area contributed by atoms with Crippen LogP contribution in [0.4, 0.5) is 0 Å². The first-order valence-corrected chi connectivity index (χ1v) is 16.8. The summed E-state index contributed by atoms with van der Waals surface area (Å²) in [5.41, 5.74) is 10.9. The second-order valence-corrected chi connectivity index (χ2v) is 12.9. The highest BCUT2D eigenvalue weighted by atomic mass is 14.9. The van der Waals surface area contributed by atoms with Crippen LogP contribution in [0.3, 0.4) is 0 Å². The zero-order chi connectivity index (χ0) is 32.4. The van der Waals surface area contributed by atoms with Gasteiger partial charge >= 0.3 is 0 Å². The van der Waals surface area contributed by atoms with Crippen molar-refractivity contribution >= 4 is 32.4 Å². The largest absolute Gasteiger partial charge is 0.228 e. The molecule has 0 spiro atoms. The summed E-state index contributed by atoms with van der Waals surface area (Å²) in [7, 11) is 0. The van der Waals surface area contributed by atoms with Gasteiger partial charge in [0.1, 0.15) is 0 Å². The Labute approximate surface area is 285 Å². The molecule has 0 N–H and O–H groups in total. The molecule has 228 valence electrons. The van der Waals surface area contributed by atoms with Gasteiger partial charge in [-0.1, -0.05) is 170 Å². The maximum Gasteiger partial charge on any atom is 0.161 e. The average molecular weight is 623 g/mol. The minimum Gasteiger partial charge on any atom is -0.228 e. The quantitative estimate of drug-likeness (QED) is 0.183. The highest BCUT2D eigenvalue weighted by Crippen LogP contribution is 2.59. The number of fused-ring (bicyclic) bond motifs is 7. The van der Waals surface area contributed by atoms with Crippen LogP contribution in [-0.4, -0.2) is 9.97 Å². The van der Waals surface area contributed by atoms with Crippen molar-refractivity contribution in [1.29, 1.82) is 0 Å².